The molecule has 0 saturated heterocycles. The van der Waals surface area contributed by atoms with Crippen molar-refractivity contribution in [1.82, 2.24) is 24.5 Å². The van der Waals surface area contributed by atoms with Gasteiger partial charge in [0.1, 0.15) is 30.6 Å². The fraction of sp³-hybridized carbons (Fsp3) is 0.200. The molecule has 0 bridgehead atoms. The Hall–Kier alpha value is -3.34. The standard InChI is InChI=1S/C15H13ClFN7O3/c1-9-13(24(26)27)6-22(20-9)7-14(25)19-15-18-8-23(21-15)5-10-11(16)3-2-4-12(10)17/h2-4,6,8H,5,7H2,1H3,(H,19,21,25). The predicted octanol–water partition coefficient (Wildman–Crippen LogP) is 2.17. The number of carbonyl (C=O) groups excluding carboxylic acids is 1. The molecule has 0 atom stereocenters. The lowest BCUT2D eigenvalue weighted by molar-refractivity contribution is -0.385. The van der Waals surface area contributed by atoms with Crippen LogP contribution in [0.4, 0.5) is 16.0 Å². The summed E-state index contributed by atoms with van der Waals surface area (Å²) in [6.45, 7) is 1.27. The van der Waals surface area contributed by atoms with Gasteiger partial charge < -0.3 is 0 Å². The Kier molecular flexibility index (Phi) is 5.12. The van der Waals surface area contributed by atoms with Crippen LogP contribution in [0.1, 0.15) is 11.3 Å². The molecule has 12 heteroatoms. The number of hydrogen-bond acceptors (Lipinski definition) is 6. The van der Waals surface area contributed by atoms with Gasteiger partial charge >= 0.3 is 5.69 Å². The molecule has 0 aliphatic carbocycles. The van der Waals surface area contributed by atoms with E-state index in [4.69, 9.17) is 11.6 Å². The number of benzene rings is 1. The summed E-state index contributed by atoms with van der Waals surface area (Å²) in [6.07, 6.45) is 2.49. The third kappa shape index (κ3) is 4.26. The van der Waals surface area contributed by atoms with Gasteiger partial charge in [-0.3, -0.25) is 24.9 Å². The van der Waals surface area contributed by atoms with Crippen molar-refractivity contribution >= 4 is 29.1 Å². The van der Waals surface area contributed by atoms with Crippen LogP contribution in [-0.4, -0.2) is 35.4 Å². The van der Waals surface area contributed by atoms with Gasteiger partial charge in [-0.2, -0.15) is 5.10 Å². The number of anilines is 1. The smallest absolute Gasteiger partial charge is 0.292 e. The highest BCUT2D eigenvalue weighted by atomic mass is 35.5. The van der Waals surface area contributed by atoms with Crippen LogP contribution < -0.4 is 5.32 Å². The first-order valence-electron chi connectivity index (χ1n) is 7.64. The lowest BCUT2D eigenvalue weighted by atomic mass is 10.2. The summed E-state index contributed by atoms with van der Waals surface area (Å²) in [4.78, 5) is 26.2. The van der Waals surface area contributed by atoms with Crippen LogP contribution in [0.5, 0.6) is 0 Å². The van der Waals surface area contributed by atoms with Crippen molar-refractivity contribution in [3.05, 3.63) is 62.9 Å². The van der Waals surface area contributed by atoms with Crippen molar-refractivity contribution in [1.29, 1.82) is 0 Å². The first kappa shape index (κ1) is 18.5. The predicted molar refractivity (Wildman–Crippen MR) is 92.8 cm³/mol. The summed E-state index contributed by atoms with van der Waals surface area (Å²) in [5, 5.41) is 21.4. The van der Waals surface area contributed by atoms with Crippen LogP contribution in [0.25, 0.3) is 0 Å². The van der Waals surface area contributed by atoms with E-state index in [1.165, 1.54) is 36.3 Å². The number of nitrogens with one attached hydrogen (secondary N) is 1. The van der Waals surface area contributed by atoms with Crippen molar-refractivity contribution in [2.75, 3.05) is 5.32 Å². The third-order valence-corrected chi connectivity index (χ3v) is 3.95. The maximum Gasteiger partial charge on any atom is 0.309 e. The van der Waals surface area contributed by atoms with E-state index in [0.29, 0.717) is 0 Å². The third-order valence-electron chi connectivity index (χ3n) is 3.59. The number of nitrogens with zero attached hydrogens (tertiary/aromatic N) is 6. The highest BCUT2D eigenvalue weighted by Gasteiger charge is 2.17. The lowest BCUT2D eigenvalue weighted by Gasteiger charge is -2.05. The molecule has 0 unspecified atom stereocenters. The number of aromatic nitrogens is 5. The van der Waals surface area contributed by atoms with Crippen LogP contribution >= 0.6 is 11.6 Å². The van der Waals surface area contributed by atoms with Crippen molar-refractivity contribution in [2.24, 2.45) is 0 Å². The minimum absolute atomic E-state index is 0.00541. The molecule has 0 radical (unpaired) electrons. The van der Waals surface area contributed by atoms with E-state index in [1.54, 1.807) is 6.07 Å². The quantitative estimate of drug-likeness (QED) is 0.506. The number of aryl methyl sites for hydroxylation is 1. The van der Waals surface area contributed by atoms with E-state index >= 15 is 0 Å². The van der Waals surface area contributed by atoms with Crippen LogP contribution in [0, 0.1) is 22.9 Å². The molecule has 1 amide bonds. The summed E-state index contributed by atoms with van der Waals surface area (Å²) >= 11 is 5.97. The Morgan fingerprint density at radius 2 is 2.15 bits per heavy atom. The van der Waals surface area contributed by atoms with Crippen molar-refractivity contribution < 1.29 is 14.1 Å². The normalized spacial score (nSPS) is 10.8. The molecule has 1 N–H and O–H groups in total. The summed E-state index contributed by atoms with van der Waals surface area (Å²) in [6, 6.07) is 4.34. The van der Waals surface area contributed by atoms with E-state index in [2.05, 4.69) is 20.5 Å². The van der Waals surface area contributed by atoms with Gasteiger partial charge in [0.15, 0.2) is 0 Å². The van der Waals surface area contributed by atoms with Crippen molar-refractivity contribution in [3.63, 3.8) is 0 Å². The number of hydrogen-bond donors (Lipinski definition) is 1. The zero-order valence-electron chi connectivity index (χ0n) is 14.0. The Morgan fingerprint density at radius 1 is 1.37 bits per heavy atom. The number of rotatable bonds is 6. The zero-order valence-corrected chi connectivity index (χ0v) is 14.7. The summed E-state index contributed by atoms with van der Waals surface area (Å²) in [5.74, 6) is -0.987. The van der Waals surface area contributed by atoms with E-state index in [0.717, 1.165) is 4.68 Å². The van der Waals surface area contributed by atoms with E-state index < -0.39 is 16.6 Å². The first-order chi connectivity index (χ1) is 12.8. The summed E-state index contributed by atoms with van der Waals surface area (Å²) in [5.41, 5.74) is 0.283. The monoisotopic (exact) mass is 393 g/mol. The van der Waals surface area contributed by atoms with Crippen LogP contribution in [0.2, 0.25) is 5.02 Å². The van der Waals surface area contributed by atoms with Gasteiger partial charge in [0, 0.05) is 10.6 Å². The minimum atomic E-state index is -0.576. The van der Waals surface area contributed by atoms with Crippen LogP contribution in [-0.2, 0) is 17.9 Å². The average molecular weight is 394 g/mol. The number of halogens is 2. The molecule has 2 aromatic heterocycles. The molecular weight excluding hydrogens is 381 g/mol. The molecular formula is C15H13ClFN7O3. The van der Waals surface area contributed by atoms with Gasteiger partial charge in [0.25, 0.3) is 0 Å². The molecule has 0 saturated carbocycles. The maximum atomic E-state index is 13.8. The Labute approximate surface area is 156 Å². The second-order valence-corrected chi connectivity index (χ2v) is 5.98. The maximum absolute atomic E-state index is 13.8. The molecule has 2 heterocycles. The first-order valence-corrected chi connectivity index (χ1v) is 8.02. The number of carbonyl (C=O) groups is 1. The van der Waals surface area contributed by atoms with E-state index in [1.807, 2.05) is 0 Å². The Bertz CT molecular complexity index is 997. The van der Waals surface area contributed by atoms with Gasteiger partial charge in [-0.15, -0.1) is 5.10 Å². The molecule has 1 aromatic carbocycles. The largest absolute Gasteiger partial charge is 0.309 e. The highest BCUT2D eigenvalue weighted by molar-refractivity contribution is 6.31. The molecule has 10 nitrogen and oxygen atoms in total. The second kappa shape index (κ2) is 7.50. The molecule has 0 fully saturated rings. The SMILES string of the molecule is Cc1nn(CC(=O)Nc2ncn(Cc3c(F)cccc3Cl)n2)cc1[N+](=O)[O-]. The summed E-state index contributed by atoms with van der Waals surface area (Å²) < 4.78 is 16.3. The van der Waals surface area contributed by atoms with Crippen molar-refractivity contribution in [3.8, 4) is 0 Å². The number of amides is 1. The van der Waals surface area contributed by atoms with Gasteiger partial charge in [-0.25, -0.2) is 14.1 Å². The minimum Gasteiger partial charge on any atom is -0.292 e. The van der Waals surface area contributed by atoms with Gasteiger partial charge in [-0.05, 0) is 19.1 Å². The lowest BCUT2D eigenvalue weighted by Crippen LogP contribution is -2.20. The average Bonchev–Trinajstić information content (AvgIpc) is 3.17. The van der Waals surface area contributed by atoms with Crippen LogP contribution in [0.15, 0.2) is 30.7 Å². The number of nitro groups is 1. The topological polar surface area (TPSA) is 121 Å². The molecule has 0 aliphatic rings. The van der Waals surface area contributed by atoms with Gasteiger partial charge in [-0.1, -0.05) is 17.7 Å². The molecule has 0 aliphatic heterocycles. The van der Waals surface area contributed by atoms with Gasteiger partial charge in [0.2, 0.25) is 11.9 Å². The van der Waals surface area contributed by atoms with E-state index in [9.17, 15) is 19.3 Å². The molecule has 140 valence electrons. The Balaban J connectivity index is 1.64. The Morgan fingerprint density at radius 3 is 2.81 bits per heavy atom. The molecule has 3 rings (SSSR count). The fourth-order valence-electron chi connectivity index (χ4n) is 2.35. The second-order valence-electron chi connectivity index (χ2n) is 5.57. The highest BCUT2D eigenvalue weighted by Crippen LogP contribution is 2.20. The molecule has 0 spiro atoms. The summed E-state index contributed by atoms with van der Waals surface area (Å²) in [7, 11) is 0. The molecule has 3 aromatic rings. The van der Waals surface area contributed by atoms with Crippen LogP contribution in [0.3, 0.4) is 0 Å². The van der Waals surface area contributed by atoms with E-state index in [-0.39, 0.29) is 41.0 Å². The zero-order chi connectivity index (χ0) is 19.6. The van der Waals surface area contributed by atoms with Gasteiger partial charge in [0.05, 0.1) is 11.5 Å². The molecule has 27 heavy (non-hydrogen) atoms. The van der Waals surface area contributed by atoms with Crippen molar-refractivity contribution in [2.45, 2.75) is 20.0 Å². The fourth-order valence-corrected chi connectivity index (χ4v) is 2.58.